The van der Waals surface area contributed by atoms with Gasteiger partial charge >= 0.3 is 6.18 Å². The van der Waals surface area contributed by atoms with E-state index in [0.29, 0.717) is 5.02 Å². The number of halogens is 5. The summed E-state index contributed by atoms with van der Waals surface area (Å²) < 4.78 is 43.2. The van der Waals surface area contributed by atoms with Crippen molar-refractivity contribution in [1.29, 1.82) is 0 Å². The molecule has 2 heterocycles. The number of hydrogen-bond donors (Lipinski definition) is 1. The first-order valence-corrected chi connectivity index (χ1v) is 8.08. The maximum atomic E-state index is 14.0. The molecule has 0 fully saturated rings. The fraction of sp³-hybridized carbons (Fsp3) is 0.235. The molecule has 0 spiro atoms. The quantitative estimate of drug-likeness (QED) is 0.669. The summed E-state index contributed by atoms with van der Waals surface area (Å²) in [6, 6.07) is 8.86. The molecule has 0 aliphatic carbocycles. The Bertz CT molecular complexity index is 926. The summed E-state index contributed by atoms with van der Waals surface area (Å²) in [7, 11) is 0. The second-order valence-electron chi connectivity index (χ2n) is 5.74. The first-order valence-electron chi connectivity index (χ1n) is 7.33. The average Bonchev–Trinajstić information content (AvgIpc) is 2.96. The Morgan fingerprint density at radius 3 is 2.52 bits per heavy atom. The number of rotatable bonds is 3. The van der Waals surface area contributed by atoms with Crippen LogP contribution >= 0.6 is 23.2 Å². The van der Waals surface area contributed by atoms with E-state index in [9.17, 15) is 18.3 Å². The van der Waals surface area contributed by atoms with Crippen LogP contribution in [0.4, 0.5) is 13.2 Å². The smallest absolute Gasteiger partial charge is 0.376 e. The zero-order valence-electron chi connectivity index (χ0n) is 12.9. The Hall–Kier alpha value is -1.76. The molecule has 0 amide bonds. The van der Waals surface area contributed by atoms with Gasteiger partial charge in [0.1, 0.15) is 0 Å². The van der Waals surface area contributed by atoms with Crippen LogP contribution in [0.5, 0.6) is 0 Å². The predicted octanol–water partition coefficient (Wildman–Crippen LogP) is 5.19. The maximum Gasteiger partial charge on any atom is 0.422 e. The number of hydrogen-bond acceptors (Lipinski definition) is 2. The van der Waals surface area contributed by atoms with Gasteiger partial charge in [-0.15, -0.1) is 0 Å². The number of benzene rings is 1. The SMILES string of the molecule is CC(c1ccc(Cl)cc1Cl)C(O)(c1cnn2ccccc12)C(F)(F)F. The summed E-state index contributed by atoms with van der Waals surface area (Å²) in [6.45, 7) is 1.27. The van der Waals surface area contributed by atoms with Gasteiger partial charge in [-0.2, -0.15) is 18.3 Å². The lowest BCUT2D eigenvalue weighted by molar-refractivity contribution is -0.274. The van der Waals surface area contributed by atoms with Gasteiger partial charge in [0.05, 0.1) is 11.7 Å². The van der Waals surface area contributed by atoms with Crippen molar-refractivity contribution in [3.05, 3.63) is 70.0 Å². The normalized spacial score (nSPS) is 16.0. The lowest BCUT2D eigenvalue weighted by Crippen LogP contribution is -2.46. The van der Waals surface area contributed by atoms with E-state index in [1.807, 2.05) is 0 Å². The lowest BCUT2D eigenvalue weighted by Gasteiger charge is -2.36. The molecule has 3 nitrogen and oxygen atoms in total. The van der Waals surface area contributed by atoms with E-state index in [2.05, 4.69) is 5.10 Å². The van der Waals surface area contributed by atoms with Crippen molar-refractivity contribution in [3.8, 4) is 0 Å². The molecular weight excluding hydrogens is 376 g/mol. The zero-order valence-corrected chi connectivity index (χ0v) is 14.4. The second kappa shape index (κ2) is 6.20. The third kappa shape index (κ3) is 2.88. The molecule has 2 aromatic heterocycles. The molecule has 8 heteroatoms. The van der Waals surface area contributed by atoms with Gasteiger partial charge in [-0.3, -0.25) is 0 Å². The van der Waals surface area contributed by atoms with Gasteiger partial charge in [0.15, 0.2) is 5.60 Å². The minimum atomic E-state index is -4.95. The average molecular weight is 389 g/mol. The highest BCUT2D eigenvalue weighted by molar-refractivity contribution is 6.35. The third-order valence-electron chi connectivity index (χ3n) is 4.32. The molecular formula is C17H13Cl2F3N2O. The molecule has 3 aromatic rings. The van der Waals surface area contributed by atoms with Crippen LogP contribution in [0.15, 0.2) is 48.8 Å². The summed E-state index contributed by atoms with van der Waals surface area (Å²) in [5.74, 6) is -1.38. The van der Waals surface area contributed by atoms with Crippen LogP contribution in [0, 0.1) is 0 Å². The van der Waals surface area contributed by atoms with Gasteiger partial charge in [-0.1, -0.05) is 42.3 Å². The zero-order chi connectivity index (χ0) is 18.4. The summed E-state index contributed by atoms with van der Waals surface area (Å²) in [4.78, 5) is 0. The molecule has 2 atom stereocenters. The van der Waals surface area contributed by atoms with E-state index in [1.54, 1.807) is 12.1 Å². The van der Waals surface area contributed by atoms with Crippen molar-refractivity contribution < 1.29 is 18.3 Å². The fourth-order valence-electron chi connectivity index (χ4n) is 2.94. The number of nitrogens with zero attached hydrogens (tertiary/aromatic N) is 2. The third-order valence-corrected chi connectivity index (χ3v) is 4.89. The summed E-state index contributed by atoms with van der Waals surface area (Å²) >= 11 is 11.9. The molecule has 0 aliphatic rings. The second-order valence-corrected chi connectivity index (χ2v) is 6.58. The van der Waals surface area contributed by atoms with Crippen molar-refractivity contribution in [2.45, 2.75) is 24.6 Å². The van der Waals surface area contributed by atoms with Crippen molar-refractivity contribution >= 4 is 28.7 Å². The highest BCUT2D eigenvalue weighted by Crippen LogP contribution is 2.50. The Balaban J connectivity index is 2.23. The van der Waals surface area contributed by atoms with Gasteiger partial charge in [-0.05, 0) is 29.8 Å². The van der Waals surface area contributed by atoms with Crippen molar-refractivity contribution in [3.63, 3.8) is 0 Å². The molecule has 1 aromatic carbocycles. The van der Waals surface area contributed by atoms with Crippen LogP contribution in [0.25, 0.3) is 5.52 Å². The molecule has 25 heavy (non-hydrogen) atoms. The van der Waals surface area contributed by atoms with Crippen molar-refractivity contribution in [1.82, 2.24) is 9.61 Å². The van der Waals surface area contributed by atoms with Crippen LogP contribution in [0.2, 0.25) is 10.0 Å². The van der Waals surface area contributed by atoms with E-state index < -0.39 is 17.7 Å². The van der Waals surface area contributed by atoms with Crippen LogP contribution in [0.1, 0.15) is 24.0 Å². The Morgan fingerprint density at radius 1 is 1.16 bits per heavy atom. The number of aliphatic hydroxyl groups is 1. The molecule has 0 bridgehead atoms. The molecule has 0 radical (unpaired) electrons. The monoisotopic (exact) mass is 388 g/mol. The van der Waals surface area contributed by atoms with Crippen LogP contribution in [-0.4, -0.2) is 20.9 Å². The number of pyridine rings is 1. The van der Waals surface area contributed by atoms with E-state index in [-0.39, 0.29) is 21.7 Å². The summed E-state index contributed by atoms with van der Waals surface area (Å²) in [5, 5.41) is 15.1. The van der Waals surface area contributed by atoms with Crippen LogP contribution < -0.4 is 0 Å². The van der Waals surface area contributed by atoms with E-state index in [4.69, 9.17) is 23.2 Å². The van der Waals surface area contributed by atoms with E-state index in [0.717, 1.165) is 6.20 Å². The molecule has 132 valence electrons. The van der Waals surface area contributed by atoms with Gasteiger partial charge < -0.3 is 5.11 Å². The molecule has 1 N–H and O–H groups in total. The molecule has 2 unspecified atom stereocenters. The number of aromatic nitrogens is 2. The lowest BCUT2D eigenvalue weighted by atomic mass is 9.78. The Labute approximate surface area is 151 Å². The summed E-state index contributed by atoms with van der Waals surface area (Å²) in [5.41, 5.74) is -3.20. The summed E-state index contributed by atoms with van der Waals surface area (Å²) in [6.07, 6.45) is -2.41. The Morgan fingerprint density at radius 2 is 1.88 bits per heavy atom. The molecule has 3 rings (SSSR count). The van der Waals surface area contributed by atoms with Crippen molar-refractivity contribution in [2.75, 3.05) is 0 Å². The van der Waals surface area contributed by atoms with Gasteiger partial charge in [-0.25, -0.2) is 4.52 Å². The first-order chi connectivity index (χ1) is 11.7. The first kappa shape index (κ1) is 18.0. The van der Waals surface area contributed by atoms with E-state index >= 15 is 0 Å². The largest absolute Gasteiger partial charge is 0.422 e. The molecule has 0 aliphatic heterocycles. The highest BCUT2D eigenvalue weighted by atomic mass is 35.5. The predicted molar refractivity (Wildman–Crippen MR) is 90.0 cm³/mol. The topological polar surface area (TPSA) is 37.5 Å². The highest BCUT2D eigenvalue weighted by Gasteiger charge is 2.60. The van der Waals surface area contributed by atoms with Crippen LogP contribution in [0.3, 0.4) is 0 Å². The number of alkyl halides is 3. The standard InChI is InChI=1S/C17H13Cl2F3N2O/c1-10(12-6-5-11(18)8-14(12)19)16(25,17(20,21)22)13-9-23-24-7-3-2-4-15(13)24/h2-10,25H,1H3. The van der Waals surface area contributed by atoms with Crippen LogP contribution in [-0.2, 0) is 5.60 Å². The van der Waals surface area contributed by atoms with Crippen molar-refractivity contribution in [2.24, 2.45) is 0 Å². The Kier molecular flexibility index (Phi) is 4.47. The van der Waals surface area contributed by atoms with Gasteiger partial charge in [0.2, 0.25) is 0 Å². The van der Waals surface area contributed by atoms with Gasteiger partial charge in [0, 0.05) is 27.7 Å². The maximum absolute atomic E-state index is 14.0. The van der Waals surface area contributed by atoms with E-state index in [1.165, 1.54) is 41.9 Å². The molecule has 0 saturated heterocycles. The minimum Gasteiger partial charge on any atom is -0.376 e. The number of fused-ring (bicyclic) bond motifs is 1. The fourth-order valence-corrected chi connectivity index (χ4v) is 3.51. The van der Waals surface area contributed by atoms with Gasteiger partial charge in [0.25, 0.3) is 0 Å². The molecule has 0 saturated carbocycles. The minimum absolute atomic E-state index is 0.0548.